The third kappa shape index (κ3) is 5.30. The smallest absolute Gasteiger partial charge is 0.295 e. The fourth-order valence-corrected chi connectivity index (χ4v) is 5.16. The number of fused-ring (bicyclic) bond motifs is 1. The first kappa shape index (κ1) is 26.5. The van der Waals surface area contributed by atoms with Gasteiger partial charge in [-0.05, 0) is 81.4 Å². The molecule has 198 valence electrons. The minimum absolute atomic E-state index is 0.0307. The van der Waals surface area contributed by atoms with Crippen LogP contribution >= 0.6 is 0 Å². The summed E-state index contributed by atoms with van der Waals surface area (Å²) in [6.45, 7) is 11.2. The molecule has 0 radical (unpaired) electrons. The third-order valence-electron chi connectivity index (χ3n) is 7.08. The second kappa shape index (κ2) is 11.3. The number of phenolic OH excluding ortho intramolecular Hbond substituents is 1. The lowest BCUT2D eigenvalue weighted by Crippen LogP contribution is -2.33. The van der Waals surface area contributed by atoms with Crippen LogP contribution < -0.4 is 9.47 Å². The number of rotatable bonds is 10. The summed E-state index contributed by atoms with van der Waals surface area (Å²) in [5.74, 6) is -0.591. The summed E-state index contributed by atoms with van der Waals surface area (Å²) < 4.78 is 11.3. The van der Waals surface area contributed by atoms with Gasteiger partial charge in [-0.3, -0.25) is 9.59 Å². The number of carbonyl (C=O) groups is 2. The van der Waals surface area contributed by atoms with Crippen molar-refractivity contribution in [2.24, 2.45) is 0 Å². The predicted molar refractivity (Wildman–Crippen MR) is 141 cm³/mol. The number of benzene rings is 2. The topological polar surface area (TPSA) is 99.5 Å². The minimum Gasteiger partial charge on any atom is -0.507 e. The summed E-state index contributed by atoms with van der Waals surface area (Å²) in [5.41, 5.74) is 2.03. The number of aliphatic hydroxyl groups excluding tert-OH is 1. The molecule has 2 aromatic carbocycles. The van der Waals surface area contributed by atoms with Crippen LogP contribution in [-0.2, 0) is 16.0 Å². The van der Waals surface area contributed by atoms with E-state index in [1.807, 2.05) is 19.9 Å². The zero-order chi connectivity index (χ0) is 26.7. The monoisotopic (exact) mass is 508 g/mol. The SMILES string of the molecule is CCOc1cc([C@@H]2/C(=C(\O)c3ccc4c(c3)C[C@H](C)O4)C(=O)C(=O)N2CCCN(CC)CC)ccc1O. The van der Waals surface area contributed by atoms with Gasteiger partial charge in [0.25, 0.3) is 11.7 Å². The van der Waals surface area contributed by atoms with Crippen LogP contribution in [0.2, 0.25) is 0 Å². The van der Waals surface area contributed by atoms with Gasteiger partial charge >= 0.3 is 0 Å². The zero-order valence-corrected chi connectivity index (χ0v) is 22.0. The van der Waals surface area contributed by atoms with Crippen LogP contribution in [0.1, 0.15) is 56.8 Å². The lowest BCUT2D eigenvalue weighted by atomic mass is 9.94. The lowest BCUT2D eigenvalue weighted by molar-refractivity contribution is -0.140. The molecule has 1 saturated heterocycles. The normalized spacial score (nSPS) is 20.4. The standard InChI is InChI=1S/C29H36N2O6/c1-5-30(6-2)13-8-14-31-26(19-9-11-22(32)24(17-19)36-7-3)25(28(34)29(31)35)27(33)20-10-12-23-21(16-20)15-18(4)37-23/h9-12,16-18,26,32-33H,5-8,13-15H2,1-4H3/b27-25+/t18-,26+/m0/s1. The van der Waals surface area contributed by atoms with Crippen LogP contribution in [0.15, 0.2) is 42.0 Å². The van der Waals surface area contributed by atoms with Crippen LogP contribution in [-0.4, -0.2) is 70.6 Å². The summed E-state index contributed by atoms with van der Waals surface area (Å²) in [6, 6.07) is 9.30. The molecule has 2 aromatic rings. The highest BCUT2D eigenvalue weighted by Gasteiger charge is 2.46. The van der Waals surface area contributed by atoms with Crippen LogP contribution in [0.3, 0.4) is 0 Å². The minimum atomic E-state index is -0.806. The highest BCUT2D eigenvalue weighted by Crippen LogP contribution is 2.42. The van der Waals surface area contributed by atoms with Crippen molar-refractivity contribution in [3.63, 3.8) is 0 Å². The Bertz CT molecular complexity index is 1200. The second-order valence-corrected chi connectivity index (χ2v) is 9.49. The molecule has 2 heterocycles. The maximum absolute atomic E-state index is 13.4. The second-order valence-electron chi connectivity index (χ2n) is 9.49. The fraction of sp³-hybridized carbons (Fsp3) is 0.448. The quantitative estimate of drug-likeness (QED) is 0.281. The average molecular weight is 509 g/mol. The Kier molecular flexibility index (Phi) is 8.07. The first-order valence-electron chi connectivity index (χ1n) is 13.0. The Morgan fingerprint density at radius 1 is 1.14 bits per heavy atom. The molecule has 2 aliphatic rings. The lowest BCUT2D eigenvalue weighted by Gasteiger charge is -2.27. The number of aliphatic hydroxyl groups is 1. The number of ketones is 1. The number of Topliss-reactive ketones (excluding diaryl/α,β-unsaturated/α-hetero) is 1. The van der Waals surface area contributed by atoms with E-state index in [0.717, 1.165) is 30.9 Å². The number of phenols is 1. The molecule has 0 saturated carbocycles. The van der Waals surface area contributed by atoms with Crippen LogP contribution in [0.25, 0.3) is 5.76 Å². The number of hydrogen-bond acceptors (Lipinski definition) is 7. The molecular weight excluding hydrogens is 472 g/mol. The van der Waals surface area contributed by atoms with Crippen LogP contribution in [0, 0.1) is 0 Å². The highest BCUT2D eigenvalue weighted by atomic mass is 16.5. The zero-order valence-electron chi connectivity index (χ0n) is 22.0. The summed E-state index contributed by atoms with van der Waals surface area (Å²) in [7, 11) is 0. The van der Waals surface area contributed by atoms with Gasteiger partial charge in [0.05, 0.1) is 18.2 Å². The molecule has 4 rings (SSSR count). The molecule has 0 aromatic heterocycles. The summed E-state index contributed by atoms with van der Waals surface area (Å²) in [4.78, 5) is 30.4. The number of aromatic hydroxyl groups is 1. The third-order valence-corrected chi connectivity index (χ3v) is 7.08. The van der Waals surface area contributed by atoms with E-state index in [1.165, 1.54) is 11.0 Å². The van der Waals surface area contributed by atoms with E-state index in [0.29, 0.717) is 37.1 Å². The predicted octanol–water partition coefficient (Wildman–Crippen LogP) is 4.27. The van der Waals surface area contributed by atoms with Crippen molar-refractivity contribution in [3.05, 3.63) is 58.7 Å². The van der Waals surface area contributed by atoms with Gasteiger partial charge in [0.2, 0.25) is 0 Å². The van der Waals surface area contributed by atoms with Gasteiger partial charge in [-0.1, -0.05) is 19.9 Å². The van der Waals surface area contributed by atoms with Gasteiger partial charge in [-0.15, -0.1) is 0 Å². The first-order valence-corrected chi connectivity index (χ1v) is 13.0. The Hall–Kier alpha value is -3.52. The van der Waals surface area contributed by atoms with E-state index in [2.05, 4.69) is 18.7 Å². The molecule has 0 aliphatic carbocycles. The molecule has 8 nitrogen and oxygen atoms in total. The van der Waals surface area contributed by atoms with Gasteiger partial charge < -0.3 is 29.5 Å². The fourth-order valence-electron chi connectivity index (χ4n) is 5.16. The number of carbonyl (C=O) groups excluding carboxylic acids is 2. The molecule has 1 fully saturated rings. The number of likely N-dealkylation sites (tertiary alicyclic amines) is 1. The van der Waals surface area contributed by atoms with Gasteiger partial charge in [-0.2, -0.15) is 0 Å². The highest BCUT2D eigenvalue weighted by molar-refractivity contribution is 6.46. The summed E-state index contributed by atoms with van der Waals surface area (Å²) >= 11 is 0. The van der Waals surface area contributed by atoms with Crippen LogP contribution in [0.4, 0.5) is 0 Å². The van der Waals surface area contributed by atoms with Gasteiger partial charge in [-0.25, -0.2) is 0 Å². The van der Waals surface area contributed by atoms with E-state index in [4.69, 9.17) is 9.47 Å². The molecular formula is C29H36N2O6. The number of ether oxygens (including phenoxy) is 2. The molecule has 0 bridgehead atoms. The molecule has 1 amide bonds. The van der Waals surface area contributed by atoms with Gasteiger partial charge in [0, 0.05) is 18.5 Å². The number of hydrogen-bond donors (Lipinski definition) is 2. The average Bonchev–Trinajstić information content (AvgIpc) is 3.38. The number of nitrogens with zero attached hydrogens (tertiary/aromatic N) is 2. The Morgan fingerprint density at radius 3 is 2.59 bits per heavy atom. The Balaban J connectivity index is 1.77. The number of amides is 1. The van der Waals surface area contributed by atoms with E-state index in [-0.39, 0.29) is 28.9 Å². The Labute approximate surface area is 218 Å². The first-order chi connectivity index (χ1) is 17.8. The van der Waals surface area contributed by atoms with Crippen molar-refractivity contribution < 1.29 is 29.3 Å². The van der Waals surface area contributed by atoms with Crippen molar-refractivity contribution in [2.45, 2.75) is 52.7 Å². The molecule has 0 unspecified atom stereocenters. The maximum atomic E-state index is 13.4. The van der Waals surface area contributed by atoms with Crippen molar-refractivity contribution in [3.8, 4) is 17.2 Å². The van der Waals surface area contributed by atoms with Gasteiger partial charge in [0.15, 0.2) is 11.5 Å². The van der Waals surface area contributed by atoms with E-state index < -0.39 is 17.7 Å². The van der Waals surface area contributed by atoms with Crippen molar-refractivity contribution in [1.82, 2.24) is 9.80 Å². The van der Waals surface area contributed by atoms with E-state index in [1.54, 1.807) is 24.3 Å². The Morgan fingerprint density at radius 2 is 1.89 bits per heavy atom. The molecule has 2 atom stereocenters. The molecule has 2 aliphatic heterocycles. The van der Waals surface area contributed by atoms with Gasteiger partial charge in [0.1, 0.15) is 17.6 Å². The molecule has 2 N–H and O–H groups in total. The summed E-state index contributed by atoms with van der Waals surface area (Å²) in [5, 5.41) is 21.7. The maximum Gasteiger partial charge on any atom is 0.295 e. The van der Waals surface area contributed by atoms with Crippen molar-refractivity contribution in [2.75, 3.05) is 32.8 Å². The molecule has 37 heavy (non-hydrogen) atoms. The molecule has 0 spiro atoms. The van der Waals surface area contributed by atoms with Crippen molar-refractivity contribution >= 4 is 17.4 Å². The van der Waals surface area contributed by atoms with Crippen molar-refractivity contribution in [1.29, 1.82) is 0 Å². The van der Waals surface area contributed by atoms with Crippen LogP contribution in [0.5, 0.6) is 17.2 Å². The van der Waals surface area contributed by atoms with E-state index >= 15 is 0 Å². The van der Waals surface area contributed by atoms with E-state index in [9.17, 15) is 19.8 Å². The largest absolute Gasteiger partial charge is 0.507 e. The summed E-state index contributed by atoms with van der Waals surface area (Å²) in [6.07, 6.45) is 1.42. The molecule has 8 heteroatoms.